The summed E-state index contributed by atoms with van der Waals surface area (Å²) < 4.78 is 25.9. The quantitative estimate of drug-likeness (QED) is 0.224. The standard InChI is InChI=1S/C22H39N.CH4O3S/c1-4-7-8-9-10-11-12-13-14-15-16-19-17-18-22(23)21(6-3)20(19)5-2;1-5(2,3)4/h17-18H,4-16,23H2,1-3H3;1H3,(H,2,3,4). The Labute approximate surface area is 174 Å². The molecule has 0 spiro atoms. The van der Waals surface area contributed by atoms with Gasteiger partial charge in [0.25, 0.3) is 10.1 Å². The van der Waals surface area contributed by atoms with Crippen molar-refractivity contribution in [3.8, 4) is 0 Å². The molecule has 1 rings (SSSR count). The fourth-order valence-corrected chi connectivity index (χ4v) is 3.65. The Kier molecular flexibility index (Phi) is 15.2. The van der Waals surface area contributed by atoms with E-state index in [-0.39, 0.29) is 0 Å². The lowest BCUT2D eigenvalue weighted by molar-refractivity contribution is 0.490. The second kappa shape index (κ2) is 15.8. The fraction of sp³-hybridized carbons (Fsp3) is 0.739. The smallest absolute Gasteiger partial charge is 0.261 e. The summed E-state index contributed by atoms with van der Waals surface area (Å²) in [6.07, 6.45) is 18.2. The Balaban J connectivity index is 0.00000129. The zero-order valence-corrected chi connectivity index (χ0v) is 19.4. The fourth-order valence-electron chi connectivity index (χ4n) is 3.65. The lowest BCUT2D eigenvalue weighted by atomic mass is 9.92. The summed E-state index contributed by atoms with van der Waals surface area (Å²) in [6, 6.07) is 4.38. The van der Waals surface area contributed by atoms with Crippen molar-refractivity contribution in [1.82, 2.24) is 0 Å². The first kappa shape index (κ1) is 26.9. The van der Waals surface area contributed by atoms with Gasteiger partial charge in [-0.1, -0.05) is 84.6 Å². The minimum Gasteiger partial charge on any atom is -0.398 e. The molecule has 0 saturated carbocycles. The molecule has 0 aliphatic carbocycles. The zero-order valence-electron chi connectivity index (χ0n) is 18.6. The van der Waals surface area contributed by atoms with Gasteiger partial charge >= 0.3 is 0 Å². The number of nitrogen functional groups attached to an aromatic ring is 1. The van der Waals surface area contributed by atoms with E-state index in [1.807, 2.05) is 0 Å². The summed E-state index contributed by atoms with van der Waals surface area (Å²) in [5.74, 6) is 0. The third kappa shape index (κ3) is 14.0. The molecule has 0 aliphatic rings. The molecule has 1 aromatic carbocycles. The maximum absolute atomic E-state index is 9.19. The second-order valence-electron chi connectivity index (χ2n) is 7.64. The number of nitrogens with two attached hydrogens (primary N) is 1. The molecule has 0 fully saturated rings. The highest BCUT2D eigenvalue weighted by Gasteiger charge is 2.08. The SMILES string of the molecule is CCCCCCCCCCCCc1ccc(N)c(CC)c1CC.CS(=O)(=O)O. The molecule has 3 N–H and O–H groups in total. The van der Waals surface area contributed by atoms with Crippen molar-refractivity contribution >= 4 is 15.8 Å². The number of hydrogen-bond donors (Lipinski definition) is 2. The highest BCUT2D eigenvalue weighted by molar-refractivity contribution is 7.85. The van der Waals surface area contributed by atoms with Gasteiger partial charge in [-0.05, 0) is 48.4 Å². The maximum atomic E-state index is 9.19. The van der Waals surface area contributed by atoms with Gasteiger partial charge in [-0.2, -0.15) is 8.42 Å². The molecular weight excluding hydrogens is 370 g/mol. The van der Waals surface area contributed by atoms with Crippen molar-refractivity contribution in [1.29, 1.82) is 0 Å². The van der Waals surface area contributed by atoms with E-state index in [2.05, 4.69) is 32.9 Å². The predicted octanol–water partition coefficient (Wildman–Crippen LogP) is 6.36. The molecule has 164 valence electrons. The van der Waals surface area contributed by atoms with Crippen LogP contribution in [0.2, 0.25) is 0 Å². The Morgan fingerprint density at radius 1 is 0.786 bits per heavy atom. The number of anilines is 1. The number of aryl methyl sites for hydroxylation is 1. The van der Waals surface area contributed by atoms with Crippen molar-refractivity contribution in [2.24, 2.45) is 0 Å². The van der Waals surface area contributed by atoms with Crippen LogP contribution in [0.25, 0.3) is 0 Å². The van der Waals surface area contributed by atoms with Gasteiger partial charge < -0.3 is 5.73 Å². The van der Waals surface area contributed by atoms with Gasteiger partial charge in [0, 0.05) is 5.69 Å². The summed E-state index contributed by atoms with van der Waals surface area (Å²) >= 11 is 0. The molecule has 0 atom stereocenters. The van der Waals surface area contributed by atoms with Gasteiger partial charge in [-0.3, -0.25) is 4.55 Å². The molecule has 0 unspecified atom stereocenters. The van der Waals surface area contributed by atoms with Crippen LogP contribution in [0.3, 0.4) is 0 Å². The summed E-state index contributed by atoms with van der Waals surface area (Å²) in [6.45, 7) is 6.76. The minimum atomic E-state index is -3.67. The van der Waals surface area contributed by atoms with E-state index >= 15 is 0 Å². The van der Waals surface area contributed by atoms with Crippen molar-refractivity contribution in [2.45, 2.75) is 104 Å². The molecule has 0 bridgehead atoms. The van der Waals surface area contributed by atoms with Crippen LogP contribution in [-0.2, 0) is 29.4 Å². The topological polar surface area (TPSA) is 80.4 Å². The molecule has 0 aliphatic heterocycles. The van der Waals surface area contributed by atoms with Crippen LogP contribution in [0.4, 0.5) is 5.69 Å². The number of rotatable bonds is 13. The van der Waals surface area contributed by atoms with E-state index in [4.69, 9.17) is 10.3 Å². The lowest BCUT2D eigenvalue weighted by Gasteiger charge is -2.15. The highest BCUT2D eigenvalue weighted by Crippen LogP contribution is 2.24. The summed E-state index contributed by atoms with van der Waals surface area (Å²) in [7, 11) is -3.67. The molecule has 0 heterocycles. The number of benzene rings is 1. The summed E-state index contributed by atoms with van der Waals surface area (Å²) in [5, 5.41) is 0. The summed E-state index contributed by atoms with van der Waals surface area (Å²) in [5.41, 5.74) is 11.6. The van der Waals surface area contributed by atoms with Gasteiger partial charge in [0.1, 0.15) is 0 Å². The summed E-state index contributed by atoms with van der Waals surface area (Å²) in [4.78, 5) is 0. The van der Waals surface area contributed by atoms with E-state index in [9.17, 15) is 8.42 Å². The molecule has 4 nitrogen and oxygen atoms in total. The minimum absolute atomic E-state index is 0.715. The van der Waals surface area contributed by atoms with Crippen molar-refractivity contribution in [2.75, 3.05) is 12.0 Å². The average Bonchev–Trinajstić information content (AvgIpc) is 2.62. The van der Waals surface area contributed by atoms with Crippen LogP contribution in [0.1, 0.15) is 102 Å². The van der Waals surface area contributed by atoms with Gasteiger partial charge in [-0.25, -0.2) is 0 Å². The molecule has 0 saturated heterocycles. The van der Waals surface area contributed by atoms with E-state index in [0.29, 0.717) is 6.26 Å². The van der Waals surface area contributed by atoms with Crippen molar-refractivity contribution in [3.05, 3.63) is 28.8 Å². The Hall–Kier alpha value is -1.07. The molecule has 28 heavy (non-hydrogen) atoms. The van der Waals surface area contributed by atoms with Gasteiger partial charge in [0.15, 0.2) is 0 Å². The number of unbranched alkanes of at least 4 members (excludes halogenated alkanes) is 9. The maximum Gasteiger partial charge on any atom is 0.261 e. The molecule has 0 amide bonds. The van der Waals surface area contributed by atoms with E-state index in [0.717, 1.165) is 18.5 Å². The first-order chi connectivity index (χ1) is 13.2. The molecule has 0 radical (unpaired) electrons. The van der Waals surface area contributed by atoms with Crippen LogP contribution in [0, 0.1) is 0 Å². The Morgan fingerprint density at radius 3 is 1.64 bits per heavy atom. The molecule has 5 heteroatoms. The zero-order chi connectivity index (χ0) is 21.4. The van der Waals surface area contributed by atoms with Crippen LogP contribution in [-0.4, -0.2) is 19.2 Å². The van der Waals surface area contributed by atoms with E-state index in [1.165, 1.54) is 87.3 Å². The largest absolute Gasteiger partial charge is 0.398 e. The van der Waals surface area contributed by atoms with E-state index < -0.39 is 10.1 Å². The van der Waals surface area contributed by atoms with Crippen LogP contribution >= 0.6 is 0 Å². The number of hydrogen-bond acceptors (Lipinski definition) is 3. The first-order valence-corrected chi connectivity index (χ1v) is 12.9. The Bertz CT molecular complexity index is 619. The highest BCUT2D eigenvalue weighted by atomic mass is 32.2. The van der Waals surface area contributed by atoms with Crippen LogP contribution < -0.4 is 5.73 Å². The van der Waals surface area contributed by atoms with Gasteiger partial charge in [0.2, 0.25) is 0 Å². The van der Waals surface area contributed by atoms with Gasteiger partial charge in [-0.15, -0.1) is 0 Å². The molecular formula is C23H43NO3S. The second-order valence-corrected chi connectivity index (χ2v) is 9.11. The molecule has 0 aromatic heterocycles. The van der Waals surface area contributed by atoms with Gasteiger partial charge in [0.05, 0.1) is 6.26 Å². The normalized spacial score (nSPS) is 11.2. The Morgan fingerprint density at radius 2 is 1.21 bits per heavy atom. The first-order valence-electron chi connectivity index (χ1n) is 11.1. The predicted molar refractivity (Wildman–Crippen MR) is 123 cm³/mol. The van der Waals surface area contributed by atoms with Crippen LogP contribution in [0.15, 0.2) is 12.1 Å². The van der Waals surface area contributed by atoms with Crippen molar-refractivity contribution < 1.29 is 13.0 Å². The third-order valence-corrected chi connectivity index (χ3v) is 5.07. The van der Waals surface area contributed by atoms with Crippen molar-refractivity contribution in [3.63, 3.8) is 0 Å². The average molecular weight is 414 g/mol. The monoisotopic (exact) mass is 413 g/mol. The van der Waals surface area contributed by atoms with Crippen LogP contribution in [0.5, 0.6) is 0 Å². The van der Waals surface area contributed by atoms with E-state index in [1.54, 1.807) is 0 Å². The third-order valence-electron chi connectivity index (χ3n) is 5.07. The lowest BCUT2D eigenvalue weighted by Crippen LogP contribution is -2.03. The molecule has 1 aromatic rings.